The number of rotatable bonds is 2. The van der Waals surface area contributed by atoms with Crippen molar-refractivity contribution in [3.05, 3.63) is 28.9 Å². The molecule has 0 atom stereocenters. The van der Waals surface area contributed by atoms with E-state index in [2.05, 4.69) is 20.4 Å². The SMILES string of the molecule is CNC(=O)c1ccn(-c2nc(N)nc3sc(C)cc23)n1. The van der Waals surface area contributed by atoms with Gasteiger partial charge in [0.2, 0.25) is 5.95 Å². The lowest BCUT2D eigenvalue weighted by Crippen LogP contribution is -2.18. The molecule has 20 heavy (non-hydrogen) atoms. The number of nitrogens with zero attached hydrogens (tertiary/aromatic N) is 4. The molecule has 0 radical (unpaired) electrons. The molecule has 3 rings (SSSR count). The fraction of sp³-hybridized carbons (Fsp3) is 0.167. The zero-order chi connectivity index (χ0) is 14.3. The van der Waals surface area contributed by atoms with Gasteiger partial charge < -0.3 is 11.1 Å². The number of hydrogen-bond acceptors (Lipinski definition) is 6. The minimum Gasteiger partial charge on any atom is -0.368 e. The first kappa shape index (κ1) is 12.5. The van der Waals surface area contributed by atoms with Gasteiger partial charge in [0.05, 0.1) is 5.39 Å². The van der Waals surface area contributed by atoms with Gasteiger partial charge in [-0.3, -0.25) is 4.79 Å². The number of aromatic nitrogens is 4. The summed E-state index contributed by atoms with van der Waals surface area (Å²) in [5.41, 5.74) is 6.05. The van der Waals surface area contributed by atoms with Crippen molar-refractivity contribution in [2.45, 2.75) is 6.92 Å². The third-order valence-corrected chi connectivity index (χ3v) is 3.72. The van der Waals surface area contributed by atoms with Crippen molar-refractivity contribution < 1.29 is 4.79 Å². The van der Waals surface area contributed by atoms with E-state index in [1.165, 1.54) is 4.68 Å². The number of carbonyl (C=O) groups excluding carboxylic acids is 1. The van der Waals surface area contributed by atoms with Crippen LogP contribution in [0.3, 0.4) is 0 Å². The Balaban J connectivity index is 2.18. The summed E-state index contributed by atoms with van der Waals surface area (Å²) in [5, 5.41) is 7.61. The minimum atomic E-state index is -0.247. The number of aryl methyl sites for hydroxylation is 1. The van der Waals surface area contributed by atoms with E-state index in [1.807, 2.05) is 13.0 Å². The second-order valence-electron chi connectivity index (χ2n) is 4.21. The fourth-order valence-corrected chi connectivity index (χ4v) is 2.79. The van der Waals surface area contributed by atoms with Crippen LogP contribution in [0.2, 0.25) is 0 Å². The molecular formula is C12H12N6OS. The molecule has 102 valence electrons. The maximum absolute atomic E-state index is 11.6. The van der Waals surface area contributed by atoms with Gasteiger partial charge in [0.1, 0.15) is 4.83 Å². The van der Waals surface area contributed by atoms with Crippen LogP contribution < -0.4 is 11.1 Å². The second-order valence-corrected chi connectivity index (χ2v) is 5.44. The van der Waals surface area contributed by atoms with Crippen LogP contribution in [0.15, 0.2) is 18.3 Å². The summed E-state index contributed by atoms with van der Waals surface area (Å²) in [6.45, 7) is 1.99. The van der Waals surface area contributed by atoms with Gasteiger partial charge >= 0.3 is 0 Å². The van der Waals surface area contributed by atoms with Crippen LogP contribution in [0.25, 0.3) is 16.0 Å². The van der Waals surface area contributed by atoms with Crippen LogP contribution in [-0.4, -0.2) is 32.7 Å². The molecule has 7 nitrogen and oxygen atoms in total. The molecule has 0 saturated carbocycles. The molecular weight excluding hydrogens is 276 g/mol. The predicted molar refractivity (Wildman–Crippen MR) is 77.1 cm³/mol. The van der Waals surface area contributed by atoms with Crippen molar-refractivity contribution in [1.29, 1.82) is 0 Å². The summed E-state index contributed by atoms with van der Waals surface area (Å²) >= 11 is 1.54. The monoisotopic (exact) mass is 288 g/mol. The average Bonchev–Trinajstić information content (AvgIpc) is 3.02. The summed E-state index contributed by atoms with van der Waals surface area (Å²) in [7, 11) is 1.56. The number of nitrogen functional groups attached to an aromatic ring is 1. The van der Waals surface area contributed by atoms with Crippen molar-refractivity contribution in [2.24, 2.45) is 0 Å². The second kappa shape index (κ2) is 4.57. The van der Waals surface area contributed by atoms with Gasteiger partial charge in [-0.15, -0.1) is 11.3 Å². The highest BCUT2D eigenvalue weighted by atomic mass is 32.1. The Morgan fingerprint density at radius 2 is 2.25 bits per heavy atom. The van der Waals surface area contributed by atoms with Gasteiger partial charge in [-0.2, -0.15) is 10.1 Å². The van der Waals surface area contributed by atoms with E-state index in [-0.39, 0.29) is 11.9 Å². The standard InChI is InChI=1S/C12H12N6OS/c1-6-5-7-9(15-12(13)16-11(7)20-6)18-4-3-8(17-18)10(19)14-2/h3-5H,1-2H3,(H,14,19)(H2,13,15,16). The largest absolute Gasteiger partial charge is 0.368 e. The molecule has 0 aliphatic rings. The zero-order valence-electron chi connectivity index (χ0n) is 10.9. The molecule has 0 saturated heterocycles. The minimum absolute atomic E-state index is 0.186. The highest BCUT2D eigenvalue weighted by molar-refractivity contribution is 7.18. The highest BCUT2D eigenvalue weighted by Crippen LogP contribution is 2.27. The maximum atomic E-state index is 11.6. The number of anilines is 1. The third-order valence-electron chi connectivity index (χ3n) is 2.78. The van der Waals surface area contributed by atoms with Crippen molar-refractivity contribution >= 4 is 33.4 Å². The molecule has 0 unspecified atom stereocenters. The van der Waals surface area contributed by atoms with E-state index in [0.29, 0.717) is 11.5 Å². The summed E-state index contributed by atoms with van der Waals surface area (Å²) < 4.78 is 1.54. The first-order valence-electron chi connectivity index (χ1n) is 5.90. The molecule has 3 aromatic rings. The van der Waals surface area contributed by atoms with Crippen LogP contribution in [-0.2, 0) is 0 Å². The molecule has 1 amide bonds. The number of amides is 1. The summed E-state index contributed by atoms with van der Waals surface area (Å²) in [5.74, 6) is 0.516. The summed E-state index contributed by atoms with van der Waals surface area (Å²) in [4.78, 5) is 21.9. The van der Waals surface area contributed by atoms with E-state index in [0.717, 1.165) is 15.1 Å². The van der Waals surface area contributed by atoms with Gasteiger partial charge in [0.15, 0.2) is 11.5 Å². The Bertz CT molecular complexity index is 805. The Morgan fingerprint density at radius 1 is 1.45 bits per heavy atom. The van der Waals surface area contributed by atoms with Crippen molar-refractivity contribution in [1.82, 2.24) is 25.1 Å². The number of fused-ring (bicyclic) bond motifs is 1. The van der Waals surface area contributed by atoms with Gasteiger partial charge in [-0.05, 0) is 19.1 Å². The van der Waals surface area contributed by atoms with E-state index < -0.39 is 0 Å². The molecule has 3 N–H and O–H groups in total. The van der Waals surface area contributed by atoms with Crippen molar-refractivity contribution in [2.75, 3.05) is 12.8 Å². The molecule has 0 spiro atoms. The number of thiophene rings is 1. The van der Waals surface area contributed by atoms with Crippen LogP contribution in [0.5, 0.6) is 0 Å². The van der Waals surface area contributed by atoms with E-state index >= 15 is 0 Å². The lowest BCUT2D eigenvalue weighted by Gasteiger charge is -2.03. The lowest BCUT2D eigenvalue weighted by molar-refractivity contribution is 0.0957. The zero-order valence-corrected chi connectivity index (χ0v) is 11.7. The summed E-state index contributed by atoms with van der Waals surface area (Å²) in [6.07, 6.45) is 1.68. The van der Waals surface area contributed by atoms with Gasteiger partial charge in [0.25, 0.3) is 5.91 Å². The van der Waals surface area contributed by atoms with Crippen molar-refractivity contribution in [3.63, 3.8) is 0 Å². The van der Waals surface area contributed by atoms with Crippen LogP contribution in [0.1, 0.15) is 15.4 Å². The topological polar surface area (TPSA) is 98.7 Å². The lowest BCUT2D eigenvalue weighted by atomic mass is 10.3. The Morgan fingerprint density at radius 3 is 3.00 bits per heavy atom. The summed E-state index contributed by atoms with van der Waals surface area (Å²) in [6, 6.07) is 3.61. The van der Waals surface area contributed by atoms with E-state index in [1.54, 1.807) is 30.6 Å². The van der Waals surface area contributed by atoms with Crippen LogP contribution in [0.4, 0.5) is 5.95 Å². The van der Waals surface area contributed by atoms with Gasteiger partial charge in [0, 0.05) is 18.1 Å². The fourth-order valence-electron chi connectivity index (χ4n) is 1.91. The number of nitrogens with two attached hydrogens (primary N) is 1. The number of nitrogens with one attached hydrogen (secondary N) is 1. The molecule has 0 aromatic carbocycles. The third kappa shape index (κ3) is 1.99. The molecule has 0 aliphatic carbocycles. The number of carbonyl (C=O) groups is 1. The van der Waals surface area contributed by atoms with Crippen LogP contribution in [0, 0.1) is 6.92 Å². The van der Waals surface area contributed by atoms with E-state index in [4.69, 9.17) is 5.73 Å². The average molecular weight is 288 g/mol. The van der Waals surface area contributed by atoms with Gasteiger partial charge in [-0.25, -0.2) is 9.67 Å². The van der Waals surface area contributed by atoms with Crippen molar-refractivity contribution in [3.8, 4) is 5.82 Å². The normalized spacial score (nSPS) is 10.9. The molecule has 0 aliphatic heterocycles. The first-order chi connectivity index (χ1) is 9.58. The Kier molecular flexibility index (Phi) is 2.87. The van der Waals surface area contributed by atoms with Gasteiger partial charge in [-0.1, -0.05) is 0 Å². The Labute approximate surface area is 118 Å². The molecule has 3 heterocycles. The predicted octanol–water partition coefficient (Wildman–Crippen LogP) is 1.13. The Hall–Kier alpha value is -2.48. The smallest absolute Gasteiger partial charge is 0.271 e. The first-order valence-corrected chi connectivity index (χ1v) is 6.72. The van der Waals surface area contributed by atoms with Crippen LogP contribution >= 0.6 is 11.3 Å². The highest BCUT2D eigenvalue weighted by Gasteiger charge is 2.14. The maximum Gasteiger partial charge on any atom is 0.271 e. The molecule has 0 bridgehead atoms. The number of hydrogen-bond donors (Lipinski definition) is 2. The molecule has 8 heteroatoms. The van der Waals surface area contributed by atoms with E-state index in [9.17, 15) is 4.79 Å². The molecule has 3 aromatic heterocycles. The molecule has 0 fully saturated rings. The quantitative estimate of drug-likeness (QED) is 0.736.